The number of hydrogen-bond acceptors (Lipinski definition) is 6. The number of ether oxygens (including phenoxy) is 2. The number of carbonyl (C=O) groups is 2. The average Bonchev–Trinajstić information content (AvgIpc) is 2.85. The Morgan fingerprint density at radius 3 is 1.86 bits per heavy atom. The second-order valence-corrected chi connectivity index (χ2v) is 10.9. The minimum atomic E-state index is -5.71. The molecule has 0 saturated heterocycles. The van der Waals surface area contributed by atoms with Crippen molar-refractivity contribution in [1.29, 1.82) is 0 Å². The van der Waals surface area contributed by atoms with Crippen LogP contribution in [0.2, 0.25) is 0 Å². The lowest BCUT2D eigenvalue weighted by molar-refractivity contribution is -0.162. The molecule has 0 aromatic heterocycles. The van der Waals surface area contributed by atoms with Gasteiger partial charge in [-0.15, -0.1) is 0 Å². The van der Waals surface area contributed by atoms with Crippen LogP contribution in [-0.4, -0.2) is 60.3 Å². The molecule has 4 atom stereocenters. The molecule has 0 spiro atoms. The predicted octanol–water partition coefficient (Wildman–Crippen LogP) is 2.45. The highest BCUT2D eigenvalue weighted by molar-refractivity contribution is 7.86. The number of halogens is 2. The predicted molar refractivity (Wildman–Crippen MR) is 130 cm³/mol. The van der Waals surface area contributed by atoms with Crippen LogP contribution in [0.15, 0.2) is 12.1 Å². The molecule has 7 nitrogen and oxygen atoms in total. The van der Waals surface area contributed by atoms with Crippen LogP contribution in [0.25, 0.3) is 0 Å². The first-order valence-electron chi connectivity index (χ1n) is 11.9. The summed E-state index contributed by atoms with van der Waals surface area (Å²) in [5, 5.41) is -4.60. The monoisotopic (exact) mass is 518 g/mol. The van der Waals surface area contributed by atoms with Crippen LogP contribution < -0.4 is 4.74 Å². The number of fused-ring (bicyclic) bond motifs is 1. The van der Waals surface area contributed by atoms with E-state index in [-0.39, 0.29) is 30.8 Å². The molecule has 190 valence electrons. The van der Waals surface area contributed by atoms with E-state index in [9.17, 15) is 26.8 Å². The van der Waals surface area contributed by atoms with Crippen molar-refractivity contribution in [2.45, 2.75) is 62.7 Å². The van der Waals surface area contributed by atoms with Gasteiger partial charge in [-0.25, -0.2) is 0 Å². The van der Waals surface area contributed by atoms with Crippen LogP contribution in [0, 0.1) is 23.7 Å². The molecule has 0 aliphatic heterocycles. The Balaban J connectivity index is 1.76. The average molecular weight is 518 g/mol. The van der Waals surface area contributed by atoms with E-state index >= 15 is 0 Å². The Hall–Kier alpha value is -1.88. The van der Waals surface area contributed by atoms with Gasteiger partial charge in [-0.2, -0.15) is 17.2 Å². The molecular formula is C23H27B3F2O7S. The van der Waals surface area contributed by atoms with Crippen molar-refractivity contribution in [1.82, 2.24) is 0 Å². The number of rotatable bonds is 9. The summed E-state index contributed by atoms with van der Waals surface area (Å²) in [6.07, 6.45) is 3.83. The van der Waals surface area contributed by atoms with E-state index in [1.54, 1.807) is 12.1 Å². The van der Waals surface area contributed by atoms with E-state index < -0.39 is 45.8 Å². The molecular weight excluding hydrogens is 491 g/mol. The Kier molecular flexibility index (Phi) is 9.30. The molecule has 1 aromatic carbocycles. The second kappa shape index (κ2) is 11.7. The van der Waals surface area contributed by atoms with Crippen molar-refractivity contribution in [3.8, 4) is 5.75 Å². The van der Waals surface area contributed by atoms with E-state index in [2.05, 4.69) is 4.74 Å². The van der Waals surface area contributed by atoms with Crippen LogP contribution in [-0.2, 0) is 43.4 Å². The zero-order valence-corrected chi connectivity index (χ0v) is 20.6. The molecule has 13 heteroatoms. The topological polar surface area (TPSA) is 107 Å². The molecule has 2 aliphatic carbocycles. The van der Waals surface area contributed by atoms with Crippen molar-refractivity contribution in [2.24, 2.45) is 23.7 Å². The number of alkyl halides is 2. The molecule has 4 unspecified atom stereocenters. The van der Waals surface area contributed by atoms with E-state index in [1.807, 2.05) is 0 Å². The molecule has 0 bridgehead atoms. The number of carbonyl (C=O) groups excluding carboxylic acids is 2. The third kappa shape index (κ3) is 6.15. The summed E-state index contributed by atoms with van der Waals surface area (Å²) in [7, 11) is 11.7. The van der Waals surface area contributed by atoms with Crippen molar-refractivity contribution >= 4 is 45.6 Å². The first-order chi connectivity index (χ1) is 16.9. The quantitative estimate of drug-likeness (QED) is 0.232. The molecule has 2 fully saturated rings. The molecule has 2 aliphatic rings. The van der Waals surface area contributed by atoms with Crippen LogP contribution in [0.3, 0.4) is 0 Å². The van der Waals surface area contributed by atoms with E-state index in [0.29, 0.717) is 55.4 Å². The van der Waals surface area contributed by atoms with Crippen LogP contribution in [0.1, 0.15) is 55.2 Å². The maximum atomic E-state index is 13.5. The molecule has 2 saturated carbocycles. The Labute approximate surface area is 214 Å². The number of benzene rings is 1. The Bertz CT molecular complexity index is 1060. The van der Waals surface area contributed by atoms with Gasteiger partial charge in [0, 0.05) is 0 Å². The largest absolute Gasteiger partial charge is 0.458 e. The first kappa shape index (κ1) is 28.7. The lowest BCUT2D eigenvalue weighted by Gasteiger charge is -2.43. The normalized spacial score (nSPS) is 24.5. The SMILES string of the molecule is [B]Cc1cc(C[B])c(OC(=O)C2CCCC3C(C(=O)OCC(F)(F)S(=O)(=O)O)CCCC23)c(C[B])c1. The van der Waals surface area contributed by atoms with Gasteiger partial charge in [0.1, 0.15) is 5.75 Å². The molecule has 0 heterocycles. The van der Waals surface area contributed by atoms with E-state index in [0.717, 1.165) is 5.56 Å². The molecule has 1 N–H and O–H groups in total. The van der Waals surface area contributed by atoms with Crippen molar-refractivity contribution in [3.05, 3.63) is 28.8 Å². The fourth-order valence-electron chi connectivity index (χ4n) is 5.48. The lowest BCUT2D eigenvalue weighted by Crippen LogP contribution is -2.44. The summed E-state index contributed by atoms with van der Waals surface area (Å²) in [4.78, 5) is 26.0. The second-order valence-electron chi connectivity index (χ2n) is 9.40. The summed E-state index contributed by atoms with van der Waals surface area (Å²) in [6.45, 7) is -1.77. The van der Waals surface area contributed by atoms with E-state index in [1.165, 1.54) is 0 Å². The van der Waals surface area contributed by atoms with Crippen LogP contribution in [0.5, 0.6) is 5.75 Å². The van der Waals surface area contributed by atoms with Crippen LogP contribution >= 0.6 is 0 Å². The van der Waals surface area contributed by atoms with Gasteiger partial charge in [-0.3, -0.25) is 14.1 Å². The fraction of sp³-hybridized carbons (Fsp3) is 0.652. The fourth-order valence-corrected chi connectivity index (χ4v) is 5.69. The summed E-state index contributed by atoms with van der Waals surface area (Å²) in [5.41, 5.74) is 2.01. The third-order valence-corrected chi connectivity index (χ3v) is 8.11. The van der Waals surface area contributed by atoms with Gasteiger partial charge in [0.2, 0.25) is 0 Å². The molecule has 3 rings (SSSR count). The molecule has 36 heavy (non-hydrogen) atoms. The van der Waals surface area contributed by atoms with Gasteiger partial charge in [0.05, 0.1) is 35.4 Å². The molecule has 0 amide bonds. The summed E-state index contributed by atoms with van der Waals surface area (Å²) >= 11 is 0. The highest BCUT2D eigenvalue weighted by atomic mass is 32.2. The van der Waals surface area contributed by atoms with Gasteiger partial charge >= 0.3 is 27.3 Å². The Morgan fingerprint density at radius 1 is 0.917 bits per heavy atom. The maximum Gasteiger partial charge on any atom is 0.402 e. The standard InChI is InChI=1S/C23H27B3F2O7S/c24-9-13-7-14(10-25)20(15(8-13)11-26)35-22(30)19-6-2-3-16-17(19)4-1-5-18(16)21(29)34-12-23(27,28)36(31,32)33/h7-8,16-19H,1-6,9-12H2,(H,31,32,33). The highest BCUT2D eigenvalue weighted by Gasteiger charge is 2.49. The Morgan fingerprint density at radius 2 is 1.42 bits per heavy atom. The lowest BCUT2D eigenvalue weighted by atomic mass is 9.61. The van der Waals surface area contributed by atoms with Gasteiger partial charge in [-0.1, -0.05) is 49.5 Å². The van der Waals surface area contributed by atoms with Crippen molar-refractivity contribution < 1.29 is 40.8 Å². The molecule has 6 radical (unpaired) electrons. The summed E-state index contributed by atoms with van der Waals surface area (Å²) in [6, 6.07) is 3.53. The smallest absolute Gasteiger partial charge is 0.402 e. The first-order valence-corrected chi connectivity index (χ1v) is 13.4. The van der Waals surface area contributed by atoms with E-state index in [4.69, 9.17) is 32.8 Å². The van der Waals surface area contributed by atoms with Gasteiger partial charge in [-0.05, 0) is 48.6 Å². The summed E-state index contributed by atoms with van der Waals surface area (Å²) in [5.74, 6) is -2.95. The van der Waals surface area contributed by atoms with Gasteiger partial charge < -0.3 is 9.47 Å². The van der Waals surface area contributed by atoms with Gasteiger partial charge in [0.25, 0.3) is 0 Å². The van der Waals surface area contributed by atoms with Crippen molar-refractivity contribution in [3.63, 3.8) is 0 Å². The zero-order chi connectivity index (χ0) is 26.7. The maximum absolute atomic E-state index is 13.5. The van der Waals surface area contributed by atoms with Gasteiger partial charge in [0.15, 0.2) is 6.61 Å². The van der Waals surface area contributed by atoms with Crippen molar-refractivity contribution in [2.75, 3.05) is 6.61 Å². The highest BCUT2D eigenvalue weighted by Crippen LogP contribution is 2.48. The summed E-state index contributed by atoms with van der Waals surface area (Å²) < 4.78 is 67.8. The molecule has 1 aromatic rings. The minimum Gasteiger partial charge on any atom is -0.458 e. The van der Waals surface area contributed by atoms with Crippen LogP contribution in [0.4, 0.5) is 8.78 Å². The minimum absolute atomic E-state index is 0.113. The number of esters is 2. The third-order valence-electron chi connectivity index (χ3n) is 7.23. The zero-order valence-electron chi connectivity index (χ0n) is 19.8. The number of hydrogen-bond donors (Lipinski definition) is 1.